The number of para-hydroxylation sites is 1. The Morgan fingerprint density at radius 1 is 0.963 bits per heavy atom. The van der Waals surface area contributed by atoms with Crippen LogP contribution >= 0.6 is 0 Å². The standard InChI is InChI=1S/C21H28N6/c1-2-6-14-27(15-7-3-1)20-18-9-4-5-10-19(18)24-21(25-20)23-11-8-13-26-16-12-22-17-26/h4-5,9-10,12,16-17H,1-3,6-8,11,13-15H2,(H,23,24,25). The second-order valence-corrected chi connectivity index (χ2v) is 7.22. The Balaban J connectivity index is 1.50. The van der Waals surface area contributed by atoms with Gasteiger partial charge in [0.05, 0.1) is 11.8 Å². The molecule has 6 nitrogen and oxygen atoms in total. The van der Waals surface area contributed by atoms with E-state index in [9.17, 15) is 0 Å². The fraction of sp³-hybridized carbons (Fsp3) is 0.476. The highest BCUT2D eigenvalue weighted by Crippen LogP contribution is 2.27. The summed E-state index contributed by atoms with van der Waals surface area (Å²) in [6, 6.07) is 8.36. The summed E-state index contributed by atoms with van der Waals surface area (Å²) >= 11 is 0. The molecule has 0 saturated carbocycles. The number of hydrogen-bond acceptors (Lipinski definition) is 5. The van der Waals surface area contributed by atoms with Gasteiger partial charge in [0, 0.05) is 44.0 Å². The van der Waals surface area contributed by atoms with Crippen molar-refractivity contribution in [3.63, 3.8) is 0 Å². The van der Waals surface area contributed by atoms with E-state index < -0.39 is 0 Å². The molecule has 0 radical (unpaired) electrons. The minimum absolute atomic E-state index is 0.733. The molecule has 0 spiro atoms. The van der Waals surface area contributed by atoms with E-state index in [-0.39, 0.29) is 0 Å². The molecule has 3 heterocycles. The zero-order valence-electron chi connectivity index (χ0n) is 15.8. The quantitative estimate of drug-likeness (QED) is 0.667. The highest BCUT2D eigenvalue weighted by Gasteiger charge is 2.15. The van der Waals surface area contributed by atoms with Crippen molar-refractivity contribution in [3.05, 3.63) is 43.0 Å². The molecule has 27 heavy (non-hydrogen) atoms. The molecular weight excluding hydrogens is 336 g/mol. The van der Waals surface area contributed by atoms with Gasteiger partial charge in [0.2, 0.25) is 5.95 Å². The summed E-state index contributed by atoms with van der Waals surface area (Å²) in [5, 5.41) is 4.58. The smallest absolute Gasteiger partial charge is 0.225 e. The van der Waals surface area contributed by atoms with E-state index in [1.807, 2.05) is 18.7 Å². The van der Waals surface area contributed by atoms with Crippen LogP contribution in [0.2, 0.25) is 0 Å². The van der Waals surface area contributed by atoms with E-state index in [0.29, 0.717) is 0 Å². The molecule has 1 aromatic carbocycles. The van der Waals surface area contributed by atoms with Crippen molar-refractivity contribution < 1.29 is 0 Å². The molecule has 1 aliphatic heterocycles. The number of anilines is 2. The van der Waals surface area contributed by atoms with Gasteiger partial charge in [-0.15, -0.1) is 0 Å². The van der Waals surface area contributed by atoms with Crippen LogP contribution in [0, 0.1) is 0 Å². The average Bonchev–Trinajstić information content (AvgIpc) is 3.18. The lowest BCUT2D eigenvalue weighted by Gasteiger charge is -2.27. The highest BCUT2D eigenvalue weighted by molar-refractivity contribution is 5.90. The summed E-state index contributed by atoms with van der Waals surface area (Å²) in [6.07, 6.45) is 13.2. The summed E-state index contributed by atoms with van der Waals surface area (Å²) in [5.41, 5.74) is 1.02. The molecule has 3 aromatic rings. The molecule has 2 aromatic heterocycles. The molecule has 1 saturated heterocycles. The first-order valence-electron chi connectivity index (χ1n) is 10.1. The van der Waals surface area contributed by atoms with Gasteiger partial charge in [0.1, 0.15) is 5.82 Å². The zero-order chi connectivity index (χ0) is 18.3. The molecule has 1 aliphatic rings. The molecular formula is C21H28N6. The van der Waals surface area contributed by atoms with Gasteiger partial charge in [-0.25, -0.2) is 9.97 Å². The molecule has 142 valence electrons. The number of hydrogen-bond donors (Lipinski definition) is 1. The first kappa shape index (κ1) is 17.8. The second kappa shape index (κ2) is 8.84. The average molecular weight is 364 g/mol. The molecule has 4 rings (SSSR count). The predicted molar refractivity (Wildman–Crippen MR) is 110 cm³/mol. The molecule has 0 bridgehead atoms. The lowest BCUT2D eigenvalue weighted by Crippen LogP contribution is -2.28. The number of aromatic nitrogens is 4. The fourth-order valence-electron chi connectivity index (χ4n) is 3.72. The Hall–Kier alpha value is -2.63. The molecule has 1 N–H and O–H groups in total. The van der Waals surface area contributed by atoms with Crippen LogP contribution in [-0.2, 0) is 6.54 Å². The Labute approximate surface area is 160 Å². The van der Waals surface area contributed by atoms with E-state index in [1.165, 1.54) is 32.1 Å². The maximum atomic E-state index is 4.92. The van der Waals surface area contributed by atoms with Gasteiger partial charge in [-0.2, -0.15) is 4.98 Å². The van der Waals surface area contributed by atoms with Gasteiger partial charge in [0.25, 0.3) is 0 Å². The van der Waals surface area contributed by atoms with Crippen molar-refractivity contribution in [2.24, 2.45) is 0 Å². The number of aryl methyl sites for hydroxylation is 1. The first-order chi connectivity index (χ1) is 13.4. The SMILES string of the molecule is c1ccc2c(N3CCCCCCC3)nc(NCCCn3ccnc3)nc2c1. The molecule has 0 atom stereocenters. The maximum Gasteiger partial charge on any atom is 0.225 e. The van der Waals surface area contributed by atoms with Gasteiger partial charge >= 0.3 is 0 Å². The Morgan fingerprint density at radius 2 is 1.78 bits per heavy atom. The van der Waals surface area contributed by atoms with Crippen molar-refractivity contribution in [3.8, 4) is 0 Å². The fourth-order valence-corrected chi connectivity index (χ4v) is 3.72. The van der Waals surface area contributed by atoms with Crippen LogP contribution in [0.5, 0.6) is 0 Å². The normalized spacial score (nSPS) is 15.5. The van der Waals surface area contributed by atoms with Crippen molar-refractivity contribution >= 4 is 22.7 Å². The summed E-state index contributed by atoms with van der Waals surface area (Å²) in [4.78, 5) is 16.2. The predicted octanol–water partition coefficient (Wildman–Crippen LogP) is 4.10. The molecule has 6 heteroatoms. The third-order valence-corrected chi connectivity index (χ3v) is 5.17. The molecule has 0 unspecified atom stereocenters. The monoisotopic (exact) mass is 364 g/mol. The summed E-state index contributed by atoms with van der Waals surface area (Å²) in [7, 11) is 0. The van der Waals surface area contributed by atoms with Crippen LogP contribution in [0.3, 0.4) is 0 Å². The van der Waals surface area contributed by atoms with Crippen molar-refractivity contribution in [1.29, 1.82) is 0 Å². The van der Waals surface area contributed by atoms with E-state index in [0.717, 1.165) is 55.3 Å². The minimum atomic E-state index is 0.733. The Bertz CT molecular complexity index is 837. The lowest BCUT2D eigenvalue weighted by atomic mass is 10.1. The van der Waals surface area contributed by atoms with Crippen molar-refractivity contribution in [1.82, 2.24) is 19.5 Å². The van der Waals surface area contributed by atoms with Crippen LogP contribution in [0.25, 0.3) is 10.9 Å². The van der Waals surface area contributed by atoms with E-state index in [1.54, 1.807) is 0 Å². The summed E-state index contributed by atoms with van der Waals surface area (Å²) in [5.74, 6) is 1.82. The Kier molecular flexibility index (Phi) is 5.82. The number of fused-ring (bicyclic) bond motifs is 1. The van der Waals surface area contributed by atoms with Crippen molar-refractivity contribution in [2.75, 3.05) is 29.9 Å². The van der Waals surface area contributed by atoms with Gasteiger partial charge in [-0.3, -0.25) is 0 Å². The first-order valence-corrected chi connectivity index (χ1v) is 10.1. The van der Waals surface area contributed by atoms with Gasteiger partial charge in [0.15, 0.2) is 0 Å². The van der Waals surface area contributed by atoms with Crippen LogP contribution in [0.1, 0.15) is 38.5 Å². The summed E-state index contributed by atoms with van der Waals surface area (Å²) < 4.78 is 2.09. The maximum absolute atomic E-state index is 4.92. The number of rotatable bonds is 6. The van der Waals surface area contributed by atoms with Crippen LogP contribution in [-0.4, -0.2) is 39.2 Å². The second-order valence-electron chi connectivity index (χ2n) is 7.22. The van der Waals surface area contributed by atoms with Gasteiger partial charge < -0.3 is 14.8 Å². The largest absolute Gasteiger partial charge is 0.356 e. The number of benzene rings is 1. The van der Waals surface area contributed by atoms with E-state index in [4.69, 9.17) is 9.97 Å². The third kappa shape index (κ3) is 4.56. The van der Waals surface area contributed by atoms with Crippen molar-refractivity contribution in [2.45, 2.75) is 45.1 Å². The topological polar surface area (TPSA) is 58.9 Å². The lowest BCUT2D eigenvalue weighted by molar-refractivity contribution is 0.554. The van der Waals surface area contributed by atoms with Crippen LogP contribution < -0.4 is 10.2 Å². The van der Waals surface area contributed by atoms with Gasteiger partial charge in [-0.1, -0.05) is 31.4 Å². The van der Waals surface area contributed by atoms with Crippen LogP contribution in [0.4, 0.5) is 11.8 Å². The number of nitrogens with one attached hydrogen (secondary N) is 1. The van der Waals surface area contributed by atoms with E-state index >= 15 is 0 Å². The number of imidazole rings is 1. The third-order valence-electron chi connectivity index (χ3n) is 5.17. The minimum Gasteiger partial charge on any atom is -0.356 e. The molecule has 0 aliphatic carbocycles. The highest BCUT2D eigenvalue weighted by atomic mass is 15.2. The summed E-state index contributed by atoms with van der Waals surface area (Å²) in [6.45, 7) is 3.96. The van der Waals surface area contributed by atoms with Gasteiger partial charge in [-0.05, 0) is 31.4 Å². The molecule has 0 amide bonds. The van der Waals surface area contributed by atoms with Crippen LogP contribution in [0.15, 0.2) is 43.0 Å². The van der Waals surface area contributed by atoms with E-state index in [2.05, 4.69) is 44.0 Å². The Morgan fingerprint density at radius 3 is 2.59 bits per heavy atom. The zero-order valence-corrected chi connectivity index (χ0v) is 15.8. The molecule has 1 fully saturated rings. The number of nitrogens with zero attached hydrogens (tertiary/aromatic N) is 5.